The summed E-state index contributed by atoms with van der Waals surface area (Å²) in [7, 11) is 0. The number of benzene rings is 1. The number of hydrogen-bond acceptors (Lipinski definition) is 2. The third-order valence-electron chi connectivity index (χ3n) is 3.29. The zero-order chi connectivity index (χ0) is 13.7. The van der Waals surface area contributed by atoms with Gasteiger partial charge in [-0.3, -0.25) is 0 Å². The Balaban J connectivity index is 2.10. The molecule has 0 aliphatic carbocycles. The van der Waals surface area contributed by atoms with Gasteiger partial charge in [-0.25, -0.2) is 0 Å². The second kappa shape index (κ2) is 7.01. The van der Waals surface area contributed by atoms with Crippen LogP contribution in [0.1, 0.15) is 25.8 Å². The van der Waals surface area contributed by atoms with E-state index in [1.165, 1.54) is 34.4 Å². The van der Waals surface area contributed by atoms with Crippen molar-refractivity contribution >= 4 is 22.7 Å². The fourth-order valence-electron chi connectivity index (χ4n) is 2.40. The van der Waals surface area contributed by atoms with Crippen molar-refractivity contribution in [2.45, 2.75) is 39.3 Å². The van der Waals surface area contributed by atoms with Crippen LogP contribution in [0.15, 0.2) is 30.5 Å². The third kappa shape index (κ3) is 4.02. The highest BCUT2D eigenvalue weighted by Crippen LogP contribution is 2.19. The van der Waals surface area contributed by atoms with Crippen LogP contribution in [-0.2, 0) is 13.0 Å². The van der Waals surface area contributed by atoms with E-state index in [9.17, 15) is 0 Å². The lowest BCUT2D eigenvalue weighted by Gasteiger charge is -2.08. The molecule has 2 nitrogen and oxygen atoms in total. The zero-order valence-electron chi connectivity index (χ0n) is 11.9. The maximum absolute atomic E-state index is 5.89. The number of nitrogens with two attached hydrogens (primary N) is 1. The molecule has 2 N–H and O–H groups in total. The molecule has 2 rings (SSSR count). The Hall–Kier alpha value is -0.930. The Morgan fingerprint density at radius 3 is 2.89 bits per heavy atom. The van der Waals surface area contributed by atoms with Gasteiger partial charge >= 0.3 is 0 Å². The molecule has 1 aromatic heterocycles. The lowest BCUT2D eigenvalue weighted by Crippen LogP contribution is -2.17. The number of rotatable bonds is 7. The van der Waals surface area contributed by atoms with Crippen LogP contribution in [0.5, 0.6) is 0 Å². The molecule has 0 spiro atoms. The minimum Gasteiger partial charge on any atom is -0.347 e. The fraction of sp³-hybridized carbons (Fsp3) is 0.500. The number of aromatic nitrogens is 1. The van der Waals surface area contributed by atoms with Gasteiger partial charge in [-0.15, -0.1) is 0 Å². The van der Waals surface area contributed by atoms with Gasteiger partial charge in [-0.2, -0.15) is 11.8 Å². The Kier molecular flexibility index (Phi) is 5.34. The molecule has 3 heteroatoms. The Morgan fingerprint density at radius 2 is 2.16 bits per heavy atom. The lowest BCUT2D eigenvalue weighted by atomic mass is 10.1. The monoisotopic (exact) mass is 276 g/mol. The van der Waals surface area contributed by atoms with Gasteiger partial charge in [0.15, 0.2) is 0 Å². The predicted octanol–water partition coefficient (Wildman–Crippen LogP) is 3.67. The Labute approximate surface area is 120 Å². The molecule has 0 aliphatic rings. The molecule has 0 amide bonds. The quantitative estimate of drug-likeness (QED) is 0.782. The normalized spacial score (nSPS) is 13.0. The van der Waals surface area contributed by atoms with E-state index in [1.54, 1.807) is 0 Å². The molecule has 1 aromatic carbocycles. The molecule has 1 atom stereocenters. The average Bonchev–Trinajstić information content (AvgIpc) is 2.77. The largest absolute Gasteiger partial charge is 0.347 e. The number of thioether (sulfide) groups is 1. The van der Waals surface area contributed by atoms with Gasteiger partial charge in [0.25, 0.3) is 0 Å². The van der Waals surface area contributed by atoms with Crippen LogP contribution >= 0.6 is 11.8 Å². The first-order chi connectivity index (χ1) is 9.20. The van der Waals surface area contributed by atoms with Crippen LogP contribution < -0.4 is 5.73 Å². The SMILES string of the molecule is CCSCCCn1ccc2ccc(CC(C)N)cc21. The van der Waals surface area contributed by atoms with Crippen molar-refractivity contribution in [3.05, 3.63) is 36.0 Å². The van der Waals surface area contributed by atoms with Crippen LogP contribution in [0.2, 0.25) is 0 Å². The molecule has 0 fully saturated rings. The van der Waals surface area contributed by atoms with Crippen molar-refractivity contribution in [2.75, 3.05) is 11.5 Å². The maximum Gasteiger partial charge on any atom is 0.0483 e. The van der Waals surface area contributed by atoms with Crippen molar-refractivity contribution in [2.24, 2.45) is 5.73 Å². The summed E-state index contributed by atoms with van der Waals surface area (Å²) in [6.45, 7) is 5.39. The highest BCUT2D eigenvalue weighted by molar-refractivity contribution is 7.99. The number of aryl methyl sites for hydroxylation is 1. The standard InChI is InChI=1S/C16H24N2S/c1-3-19-10-4-8-18-9-7-15-6-5-14(11-13(2)17)12-16(15)18/h5-7,9,12-13H,3-4,8,10-11,17H2,1-2H3. The van der Waals surface area contributed by atoms with Crippen LogP contribution in [0.25, 0.3) is 10.9 Å². The second-order valence-electron chi connectivity index (χ2n) is 5.13. The van der Waals surface area contributed by atoms with Crippen molar-refractivity contribution in [3.63, 3.8) is 0 Å². The van der Waals surface area contributed by atoms with E-state index in [-0.39, 0.29) is 6.04 Å². The van der Waals surface area contributed by atoms with Crippen LogP contribution in [0.3, 0.4) is 0 Å². The molecule has 0 aliphatic heterocycles. The van der Waals surface area contributed by atoms with E-state index in [1.807, 2.05) is 11.8 Å². The molecular weight excluding hydrogens is 252 g/mol. The molecule has 0 radical (unpaired) electrons. The summed E-state index contributed by atoms with van der Waals surface area (Å²) in [5, 5.41) is 1.33. The topological polar surface area (TPSA) is 30.9 Å². The highest BCUT2D eigenvalue weighted by Gasteiger charge is 2.04. The first-order valence-electron chi connectivity index (χ1n) is 7.12. The summed E-state index contributed by atoms with van der Waals surface area (Å²) in [6, 6.07) is 9.14. The number of hydrogen-bond donors (Lipinski definition) is 1. The van der Waals surface area contributed by atoms with Crippen LogP contribution in [0, 0.1) is 0 Å². The number of nitrogens with zero attached hydrogens (tertiary/aromatic N) is 1. The van der Waals surface area contributed by atoms with Gasteiger partial charge in [-0.05, 0) is 54.4 Å². The van der Waals surface area contributed by atoms with Gasteiger partial charge in [0.2, 0.25) is 0 Å². The molecular formula is C16H24N2S. The molecule has 104 valence electrons. The molecule has 1 unspecified atom stereocenters. The van der Waals surface area contributed by atoms with Crippen LogP contribution in [-0.4, -0.2) is 22.1 Å². The van der Waals surface area contributed by atoms with Gasteiger partial charge in [0.05, 0.1) is 0 Å². The van der Waals surface area contributed by atoms with Crippen molar-refractivity contribution in [1.82, 2.24) is 4.57 Å². The van der Waals surface area contributed by atoms with E-state index in [0.717, 1.165) is 13.0 Å². The molecule has 1 heterocycles. The molecule has 2 aromatic rings. The highest BCUT2D eigenvalue weighted by atomic mass is 32.2. The van der Waals surface area contributed by atoms with Gasteiger partial charge in [-0.1, -0.05) is 19.1 Å². The van der Waals surface area contributed by atoms with Gasteiger partial charge in [0, 0.05) is 24.3 Å². The van der Waals surface area contributed by atoms with Crippen LogP contribution in [0.4, 0.5) is 0 Å². The third-order valence-corrected chi connectivity index (χ3v) is 4.27. The molecule has 0 saturated heterocycles. The minimum atomic E-state index is 0.224. The van der Waals surface area contributed by atoms with Gasteiger partial charge in [0.1, 0.15) is 0 Å². The van der Waals surface area contributed by atoms with Crippen molar-refractivity contribution in [3.8, 4) is 0 Å². The predicted molar refractivity (Wildman–Crippen MR) is 86.9 cm³/mol. The van der Waals surface area contributed by atoms with E-state index in [4.69, 9.17) is 5.73 Å². The Bertz CT molecular complexity index is 516. The fourth-order valence-corrected chi connectivity index (χ4v) is 3.03. The second-order valence-corrected chi connectivity index (χ2v) is 6.53. The summed E-state index contributed by atoms with van der Waals surface area (Å²) < 4.78 is 2.37. The lowest BCUT2D eigenvalue weighted by molar-refractivity contribution is 0.707. The summed E-state index contributed by atoms with van der Waals surface area (Å²) >= 11 is 2.02. The zero-order valence-corrected chi connectivity index (χ0v) is 12.7. The number of fused-ring (bicyclic) bond motifs is 1. The summed E-state index contributed by atoms with van der Waals surface area (Å²) in [5.74, 6) is 2.46. The first kappa shape index (κ1) is 14.5. The first-order valence-corrected chi connectivity index (χ1v) is 8.27. The van der Waals surface area contributed by atoms with E-state index in [2.05, 4.69) is 48.9 Å². The van der Waals surface area contributed by atoms with E-state index < -0.39 is 0 Å². The molecule has 19 heavy (non-hydrogen) atoms. The summed E-state index contributed by atoms with van der Waals surface area (Å²) in [4.78, 5) is 0. The molecule has 0 saturated carbocycles. The van der Waals surface area contributed by atoms with Gasteiger partial charge < -0.3 is 10.3 Å². The Morgan fingerprint density at radius 1 is 1.32 bits per heavy atom. The van der Waals surface area contributed by atoms with Crippen molar-refractivity contribution in [1.29, 1.82) is 0 Å². The average molecular weight is 276 g/mol. The smallest absolute Gasteiger partial charge is 0.0483 e. The summed E-state index contributed by atoms with van der Waals surface area (Å²) in [5.41, 5.74) is 8.57. The summed E-state index contributed by atoms with van der Waals surface area (Å²) in [6.07, 6.45) is 4.39. The minimum absolute atomic E-state index is 0.224. The van der Waals surface area contributed by atoms with E-state index >= 15 is 0 Å². The van der Waals surface area contributed by atoms with Crippen molar-refractivity contribution < 1.29 is 0 Å². The van der Waals surface area contributed by atoms with E-state index in [0.29, 0.717) is 0 Å². The maximum atomic E-state index is 5.89. The molecule has 0 bridgehead atoms.